The highest BCUT2D eigenvalue weighted by Crippen LogP contribution is 2.36. The number of hydrogen-bond acceptors (Lipinski definition) is 6. The average Bonchev–Trinajstić information content (AvgIpc) is 3.10. The number of fused-ring (bicyclic) bond motifs is 1. The first-order valence-electron chi connectivity index (χ1n) is 9.20. The van der Waals surface area contributed by atoms with Gasteiger partial charge in [0.2, 0.25) is 11.8 Å². The molecule has 1 saturated heterocycles. The summed E-state index contributed by atoms with van der Waals surface area (Å²) in [7, 11) is 0. The molecule has 0 bridgehead atoms. The van der Waals surface area contributed by atoms with E-state index >= 15 is 0 Å². The van der Waals surface area contributed by atoms with Gasteiger partial charge in [0.25, 0.3) is 0 Å². The first kappa shape index (κ1) is 18.5. The van der Waals surface area contributed by atoms with Gasteiger partial charge in [0, 0.05) is 23.2 Å². The topological polar surface area (TPSA) is 74.3 Å². The fourth-order valence-electron chi connectivity index (χ4n) is 3.35. The summed E-state index contributed by atoms with van der Waals surface area (Å²) in [6.07, 6.45) is 3.94. The molecule has 1 atom stereocenters. The van der Waals surface area contributed by atoms with E-state index < -0.39 is 5.25 Å². The van der Waals surface area contributed by atoms with Crippen LogP contribution in [0.4, 0.5) is 10.8 Å². The number of likely N-dealkylation sites (tertiary alicyclic amines) is 1. The molecule has 4 rings (SSSR count). The number of piperidine rings is 1. The Hall–Kier alpha value is -1.90. The number of carbonyl (C=O) groups is 2. The van der Waals surface area contributed by atoms with E-state index in [0.717, 1.165) is 35.9 Å². The maximum Gasteiger partial charge on any atom is 0.238 e. The molecular formula is C19H22N4O2S2. The minimum atomic E-state index is -0.423. The molecule has 2 aromatic rings. The van der Waals surface area contributed by atoms with Gasteiger partial charge in [-0.3, -0.25) is 14.5 Å². The number of amides is 2. The number of carbonyl (C=O) groups excluding carboxylic acids is 2. The van der Waals surface area contributed by atoms with Gasteiger partial charge in [0.1, 0.15) is 0 Å². The SMILES string of the molecule is O=C(CC1Sc2ccccc2NC1=O)Nc1nc(CN2CCCCC2)cs1. The highest BCUT2D eigenvalue weighted by Gasteiger charge is 2.29. The molecule has 1 unspecified atom stereocenters. The lowest BCUT2D eigenvalue weighted by Gasteiger charge is -2.25. The quantitative estimate of drug-likeness (QED) is 0.800. The fraction of sp³-hybridized carbons (Fsp3) is 0.421. The van der Waals surface area contributed by atoms with E-state index in [2.05, 4.69) is 20.5 Å². The van der Waals surface area contributed by atoms with E-state index in [1.165, 1.54) is 42.4 Å². The first-order chi connectivity index (χ1) is 13.2. The summed E-state index contributed by atoms with van der Waals surface area (Å²) in [5.74, 6) is -0.306. The van der Waals surface area contributed by atoms with E-state index in [4.69, 9.17) is 0 Å². The van der Waals surface area contributed by atoms with Crippen LogP contribution in [-0.2, 0) is 16.1 Å². The molecule has 0 saturated carbocycles. The number of benzene rings is 1. The van der Waals surface area contributed by atoms with Crippen LogP contribution in [0.2, 0.25) is 0 Å². The van der Waals surface area contributed by atoms with Crippen LogP contribution in [0, 0.1) is 0 Å². The van der Waals surface area contributed by atoms with Crippen molar-refractivity contribution in [3.63, 3.8) is 0 Å². The number of thioether (sulfide) groups is 1. The maximum absolute atomic E-state index is 12.4. The Balaban J connectivity index is 1.31. The van der Waals surface area contributed by atoms with Gasteiger partial charge in [-0.15, -0.1) is 23.1 Å². The second kappa shape index (κ2) is 8.41. The van der Waals surface area contributed by atoms with Crippen LogP contribution in [-0.4, -0.2) is 40.0 Å². The van der Waals surface area contributed by atoms with Gasteiger partial charge in [-0.05, 0) is 38.1 Å². The van der Waals surface area contributed by atoms with E-state index in [0.29, 0.717) is 5.13 Å². The lowest BCUT2D eigenvalue weighted by molar-refractivity contribution is -0.120. The molecule has 1 aromatic heterocycles. The molecule has 2 amide bonds. The lowest BCUT2D eigenvalue weighted by atomic mass is 10.1. The number of thiazole rings is 1. The summed E-state index contributed by atoms with van der Waals surface area (Å²) in [5, 5.41) is 7.90. The molecule has 3 heterocycles. The van der Waals surface area contributed by atoms with Crippen LogP contribution in [0.3, 0.4) is 0 Å². The number of nitrogens with one attached hydrogen (secondary N) is 2. The molecule has 2 aliphatic rings. The molecule has 0 radical (unpaired) electrons. The van der Waals surface area contributed by atoms with Crippen molar-refractivity contribution >= 4 is 45.7 Å². The second-order valence-electron chi connectivity index (χ2n) is 6.83. The number of hydrogen-bond donors (Lipinski definition) is 2. The molecule has 0 spiro atoms. The lowest BCUT2D eigenvalue weighted by Crippen LogP contribution is -2.32. The van der Waals surface area contributed by atoms with Crippen molar-refractivity contribution in [1.82, 2.24) is 9.88 Å². The zero-order valence-electron chi connectivity index (χ0n) is 14.9. The normalized spacial score (nSPS) is 20.0. The van der Waals surface area contributed by atoms with Crippen LogP contribution >= 0.6 is 23.1 Å². The van der Waals surface area contributed by atoms with Crippen LogP contribution in [0.15, 0.2) is 34.5 Å². The smallest absolute Gasteiger partial charge is 0.238 e. The summed E-state index contributed by atoms with van der Waals surface area (Å²) < 4.78 is 0. The third-order valence-corrected chi connectivity index (χ3v) is 6.79. The standard InChI is InChI=1S/C19H22N4O2S2/c24-17(10-16-18(25)21-14-6-2-3-7-15(14)27-16)22-19-20-13(12-26-19)11-23-8-4-1-5-9-23/h2-3,6-7,12,16H,1,4-5,8-11H2,(H,21,25)(H,20,22,24). The minimum Gasteiger partial charge on any atom is -0.324 e. The van der Waals surface area contributed by atoms with Crippen molar-refractivity contribution in [2.45, 2.75) is 42.4 Å². The van der Waals surface area contributed by atoms with Crippen molar-refractivity contribution in [3.8, 4) is 0 Å². The predicted molar refractivity (Wildman–Crippen MR) is 109 cm³/mol. The van der Waals surface area contributed by atoms with Gasteiger partial charge < -0.3 is 10.6 Å². The Morgan fingerprint density at radius 1 is 1.26 bits per heavy atom. The summed E-state index contributed by atoms with van der Waals surface area (Å²) in [4.78, 5) is 32.6. The Bertz CT molecular complexity index is 833. The summed E-state index contributed by atoms with van der Waals surface area (Å²) >= 11 is 2.88. The van der Waals surface area contributed by atoms with E-state index in [1.807, 2.05) is 29.6 Å². The Morgan fingerprint density at radius 3 is 2.93 bits per heavy atom. The van der Waals surface area contributed by atoms with Crippen LogP contribution in [0.25, 0.3) is 0 Å². The monoisotopic (exact) mass is 402 g/mol. The fourth-order valence-corrected chi connectivity index (χ4v) is 5.18. The number of rotatable bonds is 5. The molecule has 27 heavy (non-hydrogen) atoms. The van der Waals surface area contributed by atoms with Gasteiger partial charge in [-0.25, -0.2) is 4.98 Å². The second-order valence-corrected chi connectivity index (χ2v) is 8.93. The van der Waals surface area contributed by atoms with Gasteiger partial charge in [-0.1, -0.05) is 18.6 Å². The van der Waals surface area contributed by atoms with Crippen LogP contribution in [0.1, 0.15) is 31.4 Å². The van der Waals surface area contributed by atoms with Crippen LogP contribution < -0.4 is 10.6 Å². The first-order valence-corrected chi connectivity index (χ1v) is 11.0. The van der Waals surface area contributed by atoms with Crippen molar-refractivity contribution in [1.29, 1.82) is 0 Å². The largest absolute Gasteiger partial charge is 0.324 e. The number of para-hydroxylation sites is 1. The van der Waals surface area contributed by atoms with Gasteiger partial charge in [0.05, 0.1) is 16.6 Å². The van der Waals surface area contributed by atoms with E-state index in [1.54, 1.807) is 0 Å². The third kappa shape index (κ3) is 4.69. The molecule has 2 aliphatic heterocycles. The number of aromatic nitrogens is 1. The molecule has 1 fully saturated rings. The third-order valence-electron chi connectivity index (χ3n) is 4.71. The minimum absolute atomic E-state index is 0.126. The Morgan fingerprint density at radius 2 is 2.07 bits per heavy atom. The molecular weight excluding hydrogens is 380 g/mol. The van der Waals surface area contributed by atoms with Crippen molar-refractivity contribution < 1.29 is 9.59 Å². The van der Waals surface area contributed by atoms with Crippen molar-refractivity contribution in [3.05, 3.63) is 35.3 Å². The number of nitrogens with zero attached hydrogens (tertiary/aromatic N) is 2. The van der Waals surface area contributed by atoms with Gasteiger partial charge >= 0.3 is 0 Å². The highest BCUT2D eigenvalue weighted by molar-refractivity contribution is 8.01. The van der Waals surface area contributed by atoms with Crippen LogP contribution in [0.5, 0.6) is 0 Å². The molecule has 8 heteroatoms. The van der Waals surface area contributed by atoms with Gasteiger partial charge in [-0.2, -0.15) is 0 Å². The van der Waals surface area contributed by atoms with Gasteiger partial charge in [0.15, 0.2) is 5.13 Å². The zero-order valence-corrected chi connectivity index (χ0v) is 16.6. The Labute approximate surface area is 166 Å². The summed E-state index contributed by atoms with van der Waals surface area (Å²) in [5.41, 5.74) is 1.81. The number of anilines is 2. The van der Waals surface area contributed by atoms with Crippen molar-refractivity contribution in [2.75, 3.05) is 23.7 Å². The van der Waals surface area contributed by atoms with E-state index in [-0.39, 0.29) is 18.2 Å². The highest BCUT2D eigenvalue weighted by atomic mass is 32.2. The average molecular weight is 403 g/mol. The maximum atomic E-state index is 12.4. The van der Waals surface area contributed by atoms with E-state index in [9.17, 15) is 9.59 Å². The summed E-state index contributed by atoms with van der Waals surface area (Å²) in [6, 6.07) is 7.64. The Kier molecular flexibility index (Phi) is 5.75. The molecule has 2 N–H and O–H groups in total. The van der Waals surface area contributed by atoms with Crippen molar-refractivity contribution in [2.24, 2.45) is 0 Å². The molecule has 1 aromatic carbocycles. The molecule has 6 nitrogen and oxygen atoms in total. The summed E-state index contributed by atoms with van der Waals surface area (Å²) in [6.45, 7) is 3.08. The molecule has 142 valence electrons. The molecule has 0 aliphatic carbocycles. The predicted octanol–water partition coefficient (Wildman–Crippen LogP) is 3.57. The zero-order chi connectivity index (χ0) is 18.6.